The number of alkyl halides is 3. The van der Waals surface area contributed by atoms with Crippen molar-refractivity contribution < 1.29 is 51.4 Å². The van der Waals surface area contributed by atoms with Gasteiger partial charge in [0, 0.05) is 19.2 Å². The molecular weight excluding hydrogens is 693 g/mol. The van der Waals surface area contributed by atoms with Crippen LogP contribution in [0.5, 0.6) is 0 Å². The number of hydrogen-bond donors (Lipinski definition) is 1. The Morgan fingerprint density at radius 2 is 1.26 bits per heavy atom. The first kappa shape index (κ1) is 39.8. The third kappa shape index (κ3) is 9.09. The topological polar surface area (TPSA) is 128 Å². The van der Waals surface area contributed by atoms with Crippen LogP contribution in [0.25, 0.3) is 11.1 Å². The van der Waals surface area contributed by atoms with Crippen LogP contribution in [-0.2, 0) is 46.6 Å². The summed E-state index contributed by atoms with van der Waals surface area (Å²) in [4.78, 5) is 69.2. The summed E-state index contributed by atoms with van der Waals surface area (Å²) in [6.45, 7) is 4.28. The molecular formula is C40H39F3N2O8. The van der Waals surface area contributed by atoms with Gasteiger partial charge in [-0.3, -0.25) is 24.0 Å². The van der Waals surface area contributed by atoms with E-state index in [4.69, 9.17) is 14.2 Å². The number of hydrogen-bond acceptors (Lipinski definition) is 8. The van der Waals surface area contributed by atoms with E-state index in [2.05, 4.69) is 5.32 Å². The summed E-state index contributed by atoms with van der Waals surface area (Å²) in [5.74, 6) is -4.04. The predicted molar refractivity (Wildman–Crippen MR) is 190 cm³/mol. The number of ether oxygens (including phenoxy) is 3. The van der Waals surface area contributed by atoms with Crippen LogP contribution in [0.2, 0.25) is 0 Å². The lowest BCUT2D eigenvalue weighted by Crippen LogP contribution is -2.50. The summed E-state index contributed by atoms with van der Waals surface area (Å²) >= 11 is 0. The zero-order valence-electron chi connectivity index (χ0n) is 29.6. The first-order valence-corrected chi connectivity index (χ1v) is 16.8. The van der Waals surface area contributed by atoms with Crippen LogP contribution in [0.4, 0.5) is 18.9 Å². The molecule has 0 heterocycles. The minimum absolute atomic E-state index is 0.00733. The fourth-order valence-electron chi connectivity index (χ4n) is 5.52. The molecule has 0 aliphatic heterocycles. The maximum absolute atomic E-state index is 13.9. The fraction of sp³-hybridized carbons (Fsp3) is 0.275. The zero-order valence-corrected chi connectivity index (χ0v) is 29.6. The lowest BCUT2D eigenvalue weighted by Gasteiger charge is -2.29. The highest BCUT2D eigenvalue weighted by molar-refractivity contribution is 6.12. The molecule has 53 heavy (non-hydrogen) atoms. The maximum Gasteiger partial charge on any atom is 0.416 e. The molecule has 0 spiro atoms. The number of anilines is 1. The molecule has 0 bridgehead atoms. The second-order valence-corrected chi connectivity index (χ2v) is 11.8. The molecule has 278 valence electrons. The van der Waals surface area contributed by atoms with Gasteiger partial charge in [0.25, 0.3) is 11.8 Å². The first-order chi connectivity index (χ1) is 25.3. The molecule has 10 nitrogen and oxygen atoms in total. The Balaban J connectivity index is 1.71. The van der Waals surface area contributed by atoms with Crippen molar-refractivity contribution in [2.24, 2.45) is 0 Å². The molecule has 0 aliphatic rings. The third-order valence-corrected chi connectivity index (χ3v) is 8.43. The zero-order chi connectivity index (χ0) is 38.8. The van der Waals surface area contributed by atoms with Crippen LogP contribution in [0, 0.1) is 0 Å². The minimum atomic E-state index is -4.55. The maximum atomic E-state index is 13.9. The number of halogens is 3. The summed E-state index contributed by atoms with van der Waals surface area (Å²) in [7, 11) is 1.56. The fourth-order valence-corrected chi connectivity index (χ4v) is 5.52. The van der Waals surface area contributed by atoms with E-state index >= 15 is 0 Å². The van der Waals surface area contributed by atoms with Gasteiger partial charge in [0.2, 0.25) is 5.41 Å². The number of amides is 2. The highest BCUT2D eigenvalue weighted by Crippen LogP contribution is 2.33. The second-order valence-electron chi connectivity index (χ2n) is 11.8. The SMILES string of the molecule is CCOC(=O)C(COC(=O)Cc1cccc(C(=O)N(C)CC)c1NC(=O)c1ccccc1-c1ccc(C(F)(F)F)cc1)(C(=O)OCC)c1ccccc1. The van der Waals surface area contributed by atoms with E-state index in [9.17, 15) is 37.1 Å². The van der Waals surface area contributed by atoms with E-state index in [1.165, 1.54) is 53.4 Å². The number of carbonyl (C=O) groups excluding carboxylic acids is 5. The van der Waals surface area contributed by atoms with Gasteiger partial charge < -0.3 is 24.4 Å². The average molecular weight is 733 g/mol. The molecule has 2 amide bonds. The molecule has 0 saturated heterocycles. The van der Waals surface area contributed by atoms with Crippen molar-refractivity contribution >= 4 is 35.4 Å². The summed E-state index contributed by atoms with van der Waals surface area (Å²) in [6.07, 6.45) is -5.06. The molecule has 13 heteroatoms. The Morgan fingerprint density at radius 1 is 0.679 bits per heavy atom. The van der Waals surface area contributed by atoms with Crippen LogP contribution in [0.1, 0.15) is 58.2 Å². The smallest absolute Gasteiger partial charge is 0.416 e. The normalized spacial score (nSPS) is 11.3. The summed E-state index contributed by atoms with van der Waals surface area (Å²) in [5, 5.41) is 2.75. The van der Waals surface area contributed by atoms with Crippen LogP contribution in [0.3, 0.4) is 0 Å². The number of carbonyl (C=O) groups is 5. The van der Waals surface area contributed by atoms with Gasteiger partial charge in [0.1, 0.15) is 6.61 Å². The van der Waals surface area contributed by atoms with Crippen molar-refractivity contribution in [2.45, 2.75) is 38.8 Å². The number of benzene rings is 4. The van der Waals surface area contributed by atoms with Crippen LogP contribution in [0.15, 0.2) is 97.1 Å². The number of para-hydroxylation sites is 1. The van der Waals surface area contributed by atoms with Gasteiger partial charge in [-0.05, 0) is 67.3 Å². The molecule has 0 fully saturated rings. The van der Waals surface area contributed by atoms with Crippen LogP contribution >= 0.6 is 0 Å². The van der Waals surface area contributed by atoms with Gasteiger partial charge >= 0.3 is 24.1 Å². The van der Waals surface area contributed by atoms with Gasteiger partial charge in [-0.1, -0.05) is 72.8 Å². The molecule has 4 aromatic rings. The van der Waals surface area contributed by atoms with E-state index in [0.29, 0.717) is 17.7 Å². The van der Waals surface area contributed by atoms with Crippen molar-refractivity contribution in [3.8, 4) is 11.1 Å². The van der Waals surface area contributed by atoms with Gasteiger partial charge in [-0.2, -0.15) is 13.2 Å². The Labute approximate surface area is 304 Å². The van der Waals surface area contributed by atoms with Crippen LogP contribution < -0.4 is 5.32 Å². The largest absolute Gasteiger partial charge is 0.465 e. The first-order valence-electron chi connectivity index (χ1n) is 16.8. The Morgan fingerprint density at radius 3 is 1.85 bits per heavy atom. The summed E-state index contributed by atoms with van der Waals surface area (Å²) < 4.78 is 55.8. The van der Waals surface area contributed by atoms with Gasteiger partial charge in [0.15, 0.2) is 0 Å². The number of rotatable bonds is 14. The predicted octanol–water partition coefficient (Wildman–Crippen LogP) is 6.87. The van der Waals surface area contributed by atoms with E-state index in [-0.39, 0.29) is 41.2 Å². The Bertz CT molecular complexity index is 1930. The van der Waals surface area contributed by atoms with E-state index in [1.807, 2.05) is 0 Å². The summed E-state index contributed by atoms with van der Waals surface area (Å²) in [6, 6.07) is 23.0. The van der Waals surface area contributed by atoms with E-state index < -0.39 is 59.9 Å². The lowest BCUT2D eigenvalue weighted by molar-refractivity contribution is -0.170. The molecule has 4 aromatic carbocycles. The Hall–Kier alpha value is -5.98. The average Bonchev–Trinajstić information content (AvgIpc) is 3.15. The molecule has 4 rings (SSSR count). The van der Waals surface area contributed by atoms with Gasteiger partial charge in [0.05, 0.1) is 36.4 Å². The highest BCUT2D eigenvalue weighted by Gasteiger charge is 2.52. The van der Waals surface area contributed by atoms with Gasteiger partial charge in [-0.25, -0.2) is 0 Å². The lowest BCUT2D eigenvalue weighted by atomic mass is 9.81. The molecule has 0 aliphatic carbocycles. The van der Waals surface area contributed by atoms with Crippen molar-refractivity contribution in [3.63, 3.8) is 0 Å². The minimum Gasteiger partial charge on any atom is -0.465 e. The molecule has 0 saturated carbocycles. The standard InChI is InChI=1S/C40H39F3N2O8/c1-5-45(4)36(48)32-19-13-14-27(24-33(46)53-25-39(37(49)51-6-2,38(50)52-7-3)28-15-9-8-10-16-28)34(32)44-35(47)31-18-12-11-17-30(31)26-20-22-29(23-21-26)40(41,42)43/h8-23H,5-7,24-25H2,1-4H3,(H,44,47). The van der Waals surface area contributed by atoms with Crippen LogP contribution in [-0.4, -0.2) is 68.0 Å². The molecule has 0 unspecified atom stereocenters. The number of nitrogens with zero attached hydrogens (tertiary/aromatic N) is 1. The quantitative estimate of drug-likeness (QED) is 0.0846. The van der Waals surface area contributed by atoms with Crippen molar-refractivity contribution in [1.29, 1.82) is 0 Å². The number of esters is 3. The second kappa shape index (κ2) is 17.5. The van der Waals surface area contributed by atoms with Gasteiger partial charge in [-0.15, -0.1) is 0 Å². The van der Waals surface area contributed by atoms with E-state index in [1.54, 1.807) is 64.2 Å². The molecule has 0 radical (unpaired) electrons. The monoisotopic (exact) mass is 732 g/mol. The van der Waals surface area contributed by atoms with E-state index in [0.717, 1.165) is 12.1 Å². The Kier molecular flexibility index (Phi) is 13.1. The molecule has 0 atom stereocenters. The van der Waals surface area contributed by atoms with Crippen molar-refractivity contribution in [3.05, 3.63) is 125 Å². The molecule has 0 aromatic heterocycles. The summed E-state index contributed by atoms with van der Waals surface area (Å²) in [5.41, 5.74) is -1.85. The van der Waals surface area contributed by atoms with Crippen molar-refractivity contribution in [2.75, 3.05) is 38.7 Å². The third-order valence-electron chi connectivity index (χ3n) is 8.43. The number of nitrogens with one attached hydrogen (secondary N) is 1. The van der Waals surface area contributed by atoms with Crippen molar-refractivity contribution in [1.82, 2.24) is 4.90 Å². The highest BCUT2D eigenvalue weighted by atomic mass is 19.4. The molecule has 1 N–H and O–H groups in total.